The number of aliphatic carboxylic acids is 2. The van der Waals surface area contributed by atoms with Crippen LogP contribution in [0, 0.1) is 0 Å². The van der Waals surface area contributed by atoms with Crippen LogP contribution >= 0.6 is 0 Å². The zero-order chi connectivity index (χ0) is 16.0. The molecular formula is C12H15N3O6. The largest absolute Gasteiger partial charge is 0.481 e. The van der Waals surface area contributed by atoms with Crippen LogP contribution in [-0.4, -0.2) is 43.9 Å². The lowest BCUT2D eigenvalue weighted by Gasteiger charge is -2.13. The molecule has 1 heterocycles. The molecule has 3 N–H and O–H groups in total. The molecular weight excluding hydrogens is 282 g/mol. The molecule has 0 unspecified atom stereocenters. The van der Waals surface area contributed by atoms with Gasteiger partial charge in [-0.2, -0.15) is 5.10 Å². The van der Waals surface area contributed by atoms with Crippen molar-refractivity contribution < 1.29 is 24.6 Å². The van der Waals surface area contributed by atoms with E-state index in [-0.39, 0.29) is 25.0 Å². The van der Waals surface area contributed by atoms with E-state index in [4.69, 9.17) is 10.2 Å². The van der Waals surface area contributed by atoms with Crippen molar-refractivity contribution in [1.82, 2.24) is 15.1 Å². The van der Waals surface area contributed by atoms with Crippen molar-refractivity contribution in [2.45, 2.75) is 25.3 Å². The van der Waals surface area contributed by atoms with Gasteiger partial charge in [-0.3, -0.25) is 14.4 Å². The van der Waals surface area contributed by atoms with E-state index in [9.17, 15) is 19.2 Å². The van der Waals surface area contributed by atoms with Crippen molar-refractivity contribution in [1.29, 1.82) is 0 Å². The van der Waals surface area contributed by atoms with Gasteiger partial charge in [0.05, 0.1) is 0 Å². The fourth-order valence-corrected chi connectivity index (χ4v) is 1.57. The minimum Gasteiger partial charge on any atom is -0.481 e. The number of rotatable bonds is 7. The lowest BCUT2D eigenvalue weighted by molar-refractivity contribution is -0.140. The van der Waals surface area contributed by atoms with Crippen molar-refractivity contribution >= 4 is 17.8 Å². The molecule has 1 rings (SSSR count). The number of carboxylic acids is 2. The van der Waals surface area contributed by atoms with Gasteiger partial charge in [-0.1, -0.05) is 0 Å². The van der Waals surface area contributed by atoms with E-state index in [0.29, 0.717) is 0 Å². The normalized spacial score (nSPS) is 11.7. The molecule has 0 saturated carbocycles. The van der Waals surface area contributed by atoms with E-state index in [2.05, 4.69) is 10.4 Å². The van der Waals surface area contributed by atoms with Crippen LogP contribution in [0.1, 0.15) is 29.8 Å². The Balaban J connectivity index is 2.71. The van der Waals surface area contributed by atoms with Crippen LogP contribution in [0.5, 0.6) is 0 Å². The average molecular weight is 297 g/mol. The maximum absolute atomic E-state index is 11.9. The number of amides is 1. The molecule has 0 aromatic carbocycles. The molecule has 0 aliphatic carbocycles. The number of carboxylic acid groups (broad SMARTS) is 2. The summed E-state index contributed by atoms with van der Waals surface area (Å²) in [5, 5.41) is 23.4. The number of carbonyl (C=O) groups excluding carboxylic acids is 1. The summed E-state index contributed by atoms with van der Waals surface area (Å²) < 4.78 is 0.953. The maximum atomic E-state index is 11.9. The van der Waals surface area contributed by atoms with Gasteiger partial charge in [0.1, 0.15) is 11.7 Å². The SMILES string of the molecule is Cn1nc(C(=O)N[C@H](CCCC(=O)O)C(=O)O)ccc1=O. The highest BCUT2D eigenvalue weighted by Gasteiger charge is 2.21. The Hall–Kier alpha value is -2.71. The van der Waals surface area contributed by atoms with Crippen molar-refractivity contribution in [2.24, 2.45) is 7.05 Å². The molecule has 1 aromatic rings. The number of aromatic nitrogens is 2. The second kappa shape index (κ2) is 7.17. The van der Waals surface area contributed by atoms with E-state index in [1.54, 1.807) is 0 Å². The molecule has 1 atom stereocenters. The Morgan fingerprint density at radius 3 is 2.52 bits per heavy atom. The number of nitrogens with zero attached hydrogens (tertiary/aromatic N) is 2. The molecule has 9 heteroatoms. The van der Waals surface area contributed by atoms with E-state index in [1.807, 2.05) is 0 Å². The topological polar surface area (TPSA) is 139 Å². The summed E-state index contributed by atoms with van der Waals surface area (Å²) in [6.45, 7) is 0. The molecule has 1 aromatic heterocycles. The fourth-order valence-electron chi connectivity index (χ4n) is 1.57. The van der Waals surface area contributed by atoms with Crippen LogP contribution in [-0.2, 0) is 16.6 Å². The summed E-state index contributed by atoms with van der Waals surface area (Å²) >= 11 is 0. The molecule has 0 aliphatic rings. The Labute approximate surface area is 119 Å². The number of hydrogen-bond acceptors (Lipinski definition) is 5. The lowest BCUT2D eigenvalue weighted by atomic mass is 10.1. The highest BCUT2D eigenvalue weighted by Crippen LogP contribution is 2.03. The molecule has 0 spiro atoms. The van der Waals surface area contributed by atoms with Gasteiger partial charge in [-0.15, -0.1) is 0 Å². The van der Waals surface area contributed by atoms with Gasteiger partial charge in [0.2, 0.25) is 0 Å². The maximum Gasteiger partial charge on any atom is 0.326 e. The first kappa shape index (κ1) is 16.3. The molecule has 0 radical (unpaired) electrons. The molecule has 114 valence electrons. The first-order chi connectivity index (χ1) is 9.81. The number of hydrogen-bond donors (Lipinski definition) is 3. The summed E-state index contributed by atoms with van der Waals surface area (Å²) in [5.41, 5.74) is -0.496. The predicted molar refractivity (Wildman–Crippen MR) is 69.9 cm³/mol. The summed E-state index contributed by atoms with van der Waals surface area (Å²) in [6, 6.07) is 1.12. The summed E-state index contributed by atoms with van der Waals surface area (Å²) in [6.07, 6.45) is -0.0792. The first-order valence-electron chi connectivity index (χ1n) is 6.11. The Morgan fingerprint density at radius 1 is 1.33 bits per heavy atom. The first-order valence-corrected chi connectivity index (χ1v) is 6.11. The Bertz CT molecular complexity index is 609. The molecule has 0 bridgehead atoms. The van der Waals surface area contributed by atoms with Gasteiger partial charge in [0.15, 0.2) is 0 Å². The second-order valence-electron chi connectivity index (χ2n) is 4.33. The van der Waals surface area contributed by atoms with Crippen molar-refractivity contribution in [3.05, 3.63) is 28.2 Å². The van der Waals surface area contributed by atoms with Gasteiger partial charge in [-0.25, -0.2) is 9.48 Å². The minimum absolute atomic E-state index is 0.0147. The molecule has 9 nitrogen and oxygen atoms in total. The summed E-state index contributed by atoms with van der Waals surface area (Å²) in [4.78, 5) is 44.4. The quantitative estimate of drug-likeness (QED) is 0.599. The zero-order valence-electron chi connectivity index (χ0n) is 11.3. The van der Waals surface area contributed by atoms with Crippen LogP contribution < -0.4 is 10.9 Å². The fraction of sp³-hybridized carbons (Fsp3) is 0.417. The lowest BCUT2D eigenvalue weighted by Crippen LogP contribution is -2.41. The van der Waals surface area contributed by atoms with Crippen LogP contribution in [0.3, 0.4) is 0 Å². The van der Waals surface area contributed by atoms with Crippen molar-refractivity contribution in [3.8, 4) is 0 Å². The van der Waals surface area contributed by atoms with E-state index >= 15 is 0 Å². The van der Waals surface area contributed by atoms with Crippen molar-refractivity contribution in [2.75, 3.05) is 0 Å². The molecule has 21 heavy (non-hydrogen) atoms. The molecule has 0 aliphatic heterocycles. The molecule has 0 saturated heterocycles. The Morgan fingerprint density at radius 2 is 2.00 bits per heavy atom. The Kier molecular flexibility index (Phi) is 5.58. The van der Waals surface area contributed by atoms with E-state index < -0.39 is 29.4 Å². The highest BCUT2D eigenvalue weighted by molar-refractivity contribution is 5.94. The highest BCUT2D eigenvalue weighted by atomic mass is 16.4. The van der Waals surface area contributed by atoms with Crippen LogP contribution in [0.25, 0.3) is 0 Å². The van der Waals surface area contributed by atoms with Gasteiger partial charge in [0, 0.05) is 19.5 Å². The number of aryl methyl sites for hydroxylation is 1. The van der Waals surface area contributed by atoms with Crippen LogP contribution in [0.4, 0.5) is 0 Å². The molecule has 1 amide bonds. The third-order valence-electron chi connectivity index (χ3n) is 2.68. The summed E-state index contributed by atoms with van der Waals surface area (Å²) in [7, 11) is 1.36. The van der Waals surface area contributed by atoms with Crippen LogP contribution in [0.15, 0.2) is 16.9 Å². The van der Waals surface area contributed by atoms with Gasteiger partial charge < -0.3 is 15.5 Å². The van der Waals surface area contributed by atoms with E-state index in [1.165, 1.54) is 13.1 Å². The predicted octanol–water partition coefficient (Wildman–Crippen LogP) is -0.782. The van der Waals surface area contributed by atoms with E-state index in [0.717, 1.165) is 10.7 Å². The van der Waals surface area contributed by atoms with Crippen molar-refractivity contribution in [3.63, 3.8) is 0 Å². The third kappa shape index (κ3) is 5.05. The van der Waals surface area contributed by atoms with Gasteiger partial charge >= 0.3 is 11.9 Å². The third-order valence-corrected chi connectivity index (χ3v) is 2.68. The summed E-state index contributed by atoms with van der Waals surface area (Å²) in [5.74, 6) is -3.04. The zero-order valence-corrected chi connectivity index (χ0v) is 11.3. The average Bonchev–Trinajstić information content (AvgIpc) is 2.40. The van der Waals surface area contributed by atoms with Crippen LogP contribution in [0.2, 0.25) is 0 Å². The van der Waals surface area contributed by atoms with Gasteiger partial charge in [-0.05, 0) is 18.9 Å². The minimum atomic E-state index is -1.27. The van der Waals surface area contributed by atoms with Gasteiger partial charge in [0.25, 0.3) is 11.5 Å². The standard InChI is InChI=1S/C12H15N3O6/c1-15-9(16)6-5-7(14-15)11(19)13-8(12(20)21)3-2-4-10(17)18/h5-6,8H,2-4H2,1H3,(H,13,19)(H,17,18)(H,20,21)/t8-/m1/s1. The number of nitrogens with one attached hydrogen (secondary N) is 1. The second-order valence-corrected chi connectivity index (χ2v) is 4.33. The number of carbonyl (C=O) groups is 3. The molecule has 0 fully saturated rings. The smallest absolute Gasteiger partial charge is 0.326 e. The monoisotopic (exact) mass is 297 g/mol.